The lowest BCUT2D eigenvalue weighted by molar-refractivity contribution is -0.289. The largest absolute Gasteiger partial charge is 0.463 e. The number of thiophene rings is 1. The number of nitrogens with one attached hydrogen (secondary N) is 1. The maximum atomic E-state index is 13.5. The van der Waals surface area contributed by atoms with E-state index in [4.69, 9.17) is 4.74 Å². The molecule has 142 valence electrons. The predicted molar refractivity (Wildman–Crippen MR) is 85.4 cm³/mol. The Labute approximate surface area is 149 Å². The van der Waals surface area contributed by atoms with Crippen LogP contribution in [-0.4, -0.2) is 20.3 Å². The second-order valence-electron chi connectivity index (χ2n) is 5.48. The molecule has 0 saturated heterocycles. The molecule has 26 heavy (non-hydrogen) atoms. The van der Waals surface area contributed by atoms with Crippen LogP contribution in [0.4, 0.5) is 27.6 Å². The Morgan fingerprint density at radius 3 is 2.50 bits per heavy atom. The third kappa shape index (κ3) is 3.02. The normalized spacial score (nSPS) is 17.5. The van der Waals surface area contributed by atoms with Crippen LogP contribution < -0.4 is 10.1 Å². The zero-order valence-corrected chi connectivity index (χ0v) is 14.7. The zero-order valence-electron chi connectivity index (χ0n) is 13.1. The van der Waals surface area contributed by atoms with Gasteiger partial charge in [0.2, 0.25) is 6.23 Å². The Kier molecular flexibility index (Phi) is 4.42. The van der Waals surface area contributed by atoms with Crippen molar-refractivity contribution in [1.82, 2.24) is 0 Å². The summed E-state index contributed by atoms with van der Waals surface area (Å²) in [5.74, 6) is -5.09. The number of sulfone groups is 1. The molecule has 1 aliphatic rings. The van der Waals surface area contributed by atoms with Crippen molar-refractivity contribution in [3.05, 3.63) is 40.1 Å². The molecule has 1 N–H and O–H groups in total. The fourth-order valence-corrected chi connectivity index (χ4v) is 4.81. The van der Waals surface area contributed by atoms with Gasteiger partial charge in [-0.3, -0.25) is 0 Å². The molecule has 1 aromatic carbocycles. The van der Waals surface area contributed by atoms with Crippen molar-refractivity contribution in [2.75, 3.05) is 11.1 Å². The van der Waals surface area contributed by atoms with Gasteiger partial charge in [-0.15, -0.1) is 11.3 Å². The van der Waals surface area contributed by atoms with Crippen molar-refractivity contribution >= 4 is 26.9 Å². The highest BCUT2D eigenvalue weighted by Gasteiger charge is 2.58. The van der Waals surface area contributed by atoms with E-state index in [2.05, 4.69) is 5.32 Å². The summed E-state index contributed by atoms with van der Waals surface area (Å²) >= 11 is 1.08. The van der Waals surface area contributed by atoms with Crippen molar-refractivity contribution in [3.8, 4) is 5.75 Å². The Balaban J connectivity index is 1.93. The molecule has 1 unspecified atom stereocenters. The minimum absolute atomic E-state index is 0.0381. The standard InChI is InChI=1S/C15H12F5NO3S2/c1-2-26(22,23)11-5-6-25-12(11)13-21-9-7-8(3-4-10(9)24-13)14(16,17)15(18,19)20/h3-7,13,21H,2H2,1H3. The number of hydrogen-bond donors (Lipinski definition) is 1. The first-order valence-electron chi connectivity index (χ1n) is 7.30. The summed E-state index contributed by atoms with van der Waals surface area (Å²) in [5.41, 5.74) is -1.29. The van der Waals surface area contributed by atoms with E-state index >= 15 is 0 Å². The molecule has 0 aliphatic carbocycles. The first kappa shape index (κ1) is 18.9. The molecular weight excluding hydrogens is 401 g/mol. The Morgan fingerprint density at radius 2 is 1.88 bits per heavy atom. The Hall–Kier alpha value is -1.88. The topological polar surface area (TPSA) is 55.4 Å². The lowest BCUT2D eigenvalue weighted by Gasteiger charge is -2.20. The number of benzene rings is 1. The van der Waals surface area contributed by atoms with Gasteiger partial charge in [0.15, 0.2) is 9.84 Å². The number of halogens is 5. The van der Waals surface area contributed by atoms with E-state index in [0.29, 0.717) is 17.0 Å². The van der Waals surface area contributed by atoms with Gasteiger partial charge in [-0.25, -0.2) is 8.42 Å². The SMILES string of the molecule is CCS(=O)(=O)c1ccsc1C1Nc2cc(C(F)(F)C(F)(F)F)ccc2O1. The molecule has 3 rings (SSSR count). The van der Waals surface area contributed by atoms with E-state index in [1.165, 1.54) is 18.4 Å². The number of rotatable bonds is 4. The van der Waals surface area contributed by atoms with Crippen LogP contribution in [0.1, 0.15) is 23.6 Å². The average molecular weight is 413 g/mol. The minimum Gasteiger partial charge on any atom is -0.463 e. The molecular formula is C15H12F5NO3S2. The molecule has 2 heterocycles. The summed E-state index contributed by atoms with van der Waals surface area (Å²) in [6, 6.07) is 3.69. The molecule has 0 saturated carbocycles. The highest BCUT2D eigenvalue weighted by molar-refractivity contribution is 7.91. The van der Waals surface area contributed by atoms with Crippen molar-refractivity contribution in [2.24, 2.45) is 0 Å². The molecule has 0 spiro atoms. The van der Waals surface area contributed by atoms with Crippen LogP contribution in [-0.2, 0) is 15.8 Å². The van der Waals surface area contributed by atoms with Gasteiger partial charge >= 0.3 is 12.1 Å². The summed E-state index contributed by atoms with van der Waals surface area (Å²) < 4.78 is 94.3. The second-order valence-corrected chi connectivity index (χ2v) is 8.67. The summed E-state index contributed by atoms with van der Waals surface area (Å²) in [6.07, 6.45) is -6.72. The van der Waals surface area contributed by atoms with Gasteiger partial charge < -0.3 is 10.1 Å². The molecule has 0 bridgehead atoms. The summed E-state index contributed by atoms with van der Waals surface area (Å²) in [5, 5.41) is 4.20. The van der Waals surface area contributed by atoms with E-state index in [0.717, 1.165) is 17.4 Å². The first-order chi connectivity index (χ1) is 12.0. The fourth-order valence-electron chi connectivity index (χ4n) is 2.43. The van der Waals surface area contributed by atoms with Crippen molar-refractivity contribution < 1.29 is 35.1 Å². The Bertz CT molecular complexity index is 937. The molecule has 1 aromatic heterocycles. The lowest BCUT2D eigenvalue weighted by atomic mass is 10.1. The van der Waals surface area contributed by atoms with Crippen LogP contribution in [0.25, 0.3) is 0 Å². The van der Waals surface area contributed by atoms with E-state index < -0.39 is 33.7 Å². The maximum absolute atomic E-state index is 13.5. The van der Waals surface area contributed by atoms with Crippen LogP contribution in [0.15, 0.2) is 34.5 Å². The smallest absolute Gasteiger partial charge is 0.458 e. The van der Waals surface area contributed by atoms with E-state index in [1.807, 2.05) is 0 Å². The van der Waals surface area contributed by atoms with E-state index in [-0.39, 0.29) is 22.1 Å². The molecule has 1 aliphatic heterocycles. The first-order valence-corrected chi connectivity index (χ1v) is 9.83. The van der Waals surface area contributed by atoms with Gasteiger partial charge in [-0.1, -0.05) is 6.92 Å². The fraction of sp³-hybridized carbons (Fsp3) is 0.333. The van der Waals surface area contributed by atoms with Crippen molar-refractivity contribution in [2.45, 2.75) is 30.1 Å². The summed E-state index contributed by atoms with van der Waals surface area (Å²) in [7, 11) is -3.54. The van der Waals surface area contributed by atoms with E-state index in [1.54, 1.807) is 0 Å². The second kappa shape index (κ2) is 6.08. The number of alkyl halides is 5. The van der Waals surface area contributed by atoms with Crippen molar-refractivity contribution in [1.29, 1.82) is 0 Å². The van der Waals surface area contributed by atoms with Gasteiger partial charge in [-0.2, -0.15) is 22.0 Å². The van der Waals surface area contributed by atoms with Crippen LogP contribution in [0.3, 0.4) is 0 Å². The zero-order chi connectivity index (χ0) is 19.3. The van der Waals surface area contributed by atoms with Crippen LogP contribution >= 0.6 is 11.3 Å². The average Bonchev–Trinajstić information content (AvgIpc) is 3.19. The van der Waals surface area contributed by atoms with Crippen molar-refractivity contribution in [3.63, 3.8) is 0 Å². The molecule has 0 radical (unpaired) electrons. The molecule has 11 heteroatoms. The number of hydrogen-bond acceptors (Lipinski definition) is 5. The predicted octanol–water partition coefficient (Wildman–Crippen LogP) is 4.70. The highest BCUT2D eigenvalue weighted by Crippen LogP contribution is 2.48. The summed E-state index contributed by atoms with van der Waals surface area (Å²) in [6.45, 7) is 1.47. The quantitative estimate of drug-likeness (QED) is 0.739. The highest BCUT2D eigenvalue weighted by atomic mass is 32.2. The molecule has 0 amide bonds. The van der Waals surface area contributed by atoms with Crippen LogP contribution in [0, 0.1) is 0 Å². The number of ether oxygens (including phenoxy) is 1. The minimum atomic E-state index is -5.73. The van der Waals surface area contributed by atoms with Gasteiger partial charge in [0.25, 0.3) is 0 Å². The maximum Gasteiger partial charge on any atom is 0.458 e. The number of anilines is 1. The van der Waals surface area contributed by atoms with E-state index in [9.17, 15) is 30.4 Å². The molecule has 2 aromatic rings. The van der Waals surface area contributed by atoms with Gasteiger partial charge in [0, 0.05) is 5.56 Å². The van der Waals surface area contributed by atoms with Gasteiger partial charge in [-0.05, 0) is 29.6 Å². The lowest BCUT2D eigenvalue weighted by Crippen LogP contribution is -2.33. The molecule has 0 fully saturated rings. The third-order valence-electron chi connectivity index (χ3n) is 3.84. The van der Waals surface area contributed by atoms with Gasteiger partial charge in [0.1, 0.15) is 5.75 Å². The third-order valence-corrected chi connectivity index (χ3v) is 6.72. The van der Waals surface area contributed by atoms with Crippen LogP contribution in [0.5, 0.6) is 5.75 Å². The number of fused-ring (bicyclic) bond motifs is 1. The Morgan fingerprint density at radius 1 is 1.19 bits per heavy atom. The summed E-state index contributed by atoms with van der Waals surface area (Å²) in [4.78, 5) is 0.336. The van der Waals surface area contributed by atoms with Gasteiger partial charge in [0.05, 0.1) is 21.2 Å². The molecule has 4 nitrogen and oxygen atoms in total. The van der Waals surface area contributed by atoms with Crippen LogP contribution in [0.2, 0.25) is 0 Å². The molecule has 1 atom stereocenters. The monoisotopic (exact) mass is 413 g/mol.